The van der Waals surface area contributed by atoms with E-state index in [0.717, 1.165) is 18.2 Å². The molecule has 1 aromatic carbocycles. The van der Waals surface area contributed by atoms with Gasteiger partial charge in [-0.15, -0.1) is 0 Å². The van der Waals surface area contributed by atoms with E-state index in [2.05, 4.69) is 5.32 Å². The highest BCUT2D eigenvalue weighted by atomic mass is 19.1. The summed E-state index contributed by atoms with van der Waals surface area (Å²) in [4.78, 5) is 34.8. The molecule has 20 heavy (non-hydrogen) atoms. The molecule has 0 spiro atoms. The minimum Gasteiger partial charge on any atom is -0.480 e. The fraction of sp³-hybridized carbons (Fsp3) is 0.250. The molecule has 0 saturated carbocycles. The van der Waals surface area contributed by atoms with Crippen molar-refractivity contribution in [2.45, 2.75) is 12.5 Å². The van der Waals surface area contributed by atoms with Crippen LogP contribution in [0.25, 0.3) is 0 Å². The largest absolute Gasteiger partial charge is 0.480 e. The zero-order chi connectivity index (χ0) is 15.1. The fourth-order valence-corrected chi connectivity index (χ4v) is 2.04. The Labute approximate surface area is 112 Å². The Morgan fingerprint density at radius 3 is 2.65 bits per heavy atom. The summed E-state index contributed by atoms with van der Waals surface area (Å²) in [5, 5.41) is 10.8. The molecule has 0 aliphatic carbocycles. The summed E-state index contributed by atoms with van der Waals surface area (Å²) in [7, 11) is 0. The van der Waals surface area contributed by atoms with E-state index in [0.29, 0.717) is 4.90 Å². The lowest BCUT2D eigenvalue weighted by Gasteiger charge is -2.22. The molecule has 0 aromatic heterocycles. The zero-order valence-electron chi connectivity index (χ0n) is 10.3. The normalized spacial score (nSPS) is 22.1. The Morgan fingerprint density at radius 1 is 1.40 bits per heavy atom. The van der Waals surface area contributed by atoms with Gasteiger partial charge < -0.3 is 10.4 Å². The zero-order valence-corrected chi connectivity index (χ0v) is 10.3. The number of benzene rings is 1. The maximum Gasteiger partial charge on any atom is 0.325 e. The molecule has 0 bridgehead atoms. The Kier molecular flexibility index (Phi) is 3.16. The standard InChI is InChI=1S/C12H10F2N2O4/c1-12(7-4-6(13)2-3-8(7)14)10(19)16(5-9(17)18)11(20)15-12/h2-4H,5H2,1H3,(H,15,20)(H,17,18)/t12-/m0/s1. The maximum atomic E-state index is 13.8. The lowest BCUT2D eigenvalue weighted by atomic mass is 9.91. The molecule has 1 saturated heterocycles. The van der Waals surface area contributed by atoms with E-state index < -0.39 is 41.6 Å². The number of hydrogen-bond acceptors (Lipinski definition) is 3. The third-order valence-electron chi connectivity index (χ3n) is 3.04. The number of carboxylic acids is 1. The van der Waals surface area contributed by atoms with Gasteiger partial charge in [-0.25, -0.2) is 13.6 Å². The second kappa shape index (κ2) is 4.55. The van der Waals surface area contributed by atoms with Gasteiger partial charge in [-0.05, 0) is 25.1 Å². The van der Waals surface area contributed by atoms with Crippen LogP contribution in [-0.4, -0.2) is 34.5 Å². The molecule has 1 heterocycles. The average Bonchev–Trinajstić information content (AvgIpc) is 2.56. The van der Waals surface area contributed by atoms with Crippen LogP contribution in [0.5, 0.6) is 0 Å². The first-order chi connectivity index (χ1) is 9.25. The van der Waals surface area contributed by atoms with Gasteiger partial charge in [-0.2, -0.15) is 0 Å². The molecular weight excluding hydrogens is 274 g/mol. The highest BCUT2D eigenvalue weighted by Crippen LogP contribution is 2.30. The van der Waals surface area contributed by atoms with Crippen LogP contribution in [0.4, 0.5) is 13.6 Å². The number of rotatable bonds is 3. The predicted molar refractivity (Wildman–Crippen MR) is 61.6 cm³/mol. The van der Waals surface area contributed by atoms with Crippen LogP contribution in [0, 0.1) is 11.6 Å². The minimum atomic E-state index is -1.83. The van der Waals surface area contributed by atoms with Crippen LogP contribution in [0.15, 0.2) is 18.2 Å². The number of nitrogens with zero attached hydrogens (tertiary/aromatic N) is 1. The van der Waals surface area contributed by atoms with E-state index in [-0.39, 0.29) is 5.56 Å². The highest BCUT2D eigenvalue weighted by molar-refractivity contribution is 6.08. The Bertz CT molecular complexity index is 619. The summed E-state index contributed by atoms with van der Waals surface area (Å²) in [5.74, 6) is -3.99. The second-order valence-corrected chi connectivity index (χ2v) is 4.46. The van der Waals surface area contributed by atoms with Gasteiger partial charge in [0, 0.05) is 5.56 Å². The number of urea groups is 1. The Morgan fingerprint density at radius 2 is 2.05 bits per heavy atom. The van der Waals surface area contributed by atoms with Crippen molar-refractivity contribution in [3.05, 3.63) is 35.4 Å². The molecule has 1 aliphatic rings. The predicted octanol–water partition coefficient (Wildman–Crippen LogP) is 0.816. The van der Waals surface area contributed by atoms with Crippen LogP contribution in [0.2, 0.25) is 0 Å². The van der Waals surface area contributed by atoms with Crippen molar-refractivity contribution >= 4 is 17.9 Å². The van der Waals surface area contributed by atoms with Gasteiger partial charge >= 0.3 is 12.0 Å². The van der Waals surface area contributed by atoms with Crippen LogP contribution in [0.3, 0.4) is 0 Å². The van der Waals surface area contributed by atoms with Crippen molar-refractivity contribution in [2.24, 2.45) is 0 Å². The van der Waals surface area contributed by atoms with Gasteiger partial charge in [-0.1, -0.05) is 0 Å². The maximum absolute atomic E-state index is 13.8. The summed E-state index contributed by atoms with van der Waals surface area (Å²) in [5.41, 5.74) is -2.19. The number of amides is 3. The number of nitrogens with one attached hydrogen (secondary N) is 1. The fourth-order valence-electron chi connectivity index (χ4n) is 2.04. The van der Waals surface area contributed by atoms with Crippen LogP contribution >= 0.6 is 0 Å². The molecular formula is C12H10F2N2O4. The molecule has 1 aliphatic heterocycles. The van der Waals surface area contributed by atoms with Crippen molar-refractivity contribution in [2.75, 3.05) is 6.54 Å². The summed E-state index contributed by atoms with van der Waals surface area (Å²) in [6, 6.07) is 1.52. The summed E-state index contributed by atoms with van der Waals surface area (Å²) >= 11 is 0. The van der Waals surface area contributed by atoms with Gasteiger partial charge in [0.1, 0.15) is 23.7 Å². The third kappa shape index (κ3) is 2.09. The topological polar surface area (TPSA) is 86.7 Å². The van der Waals surface area contributed by atoms with Crippen molar-refractivity contribution in [1.29, 1.82) is 0 Å². The van der Waals surface area contributed by atoms with E-state index in [1.54, 1.807) is 0 Å². The molecule has 3 amide bonds. The summed E-state index contributed by atoms with van der Waals surface area (Å²) in [6.07, 6.45) is 0. The SMILES string of the molecule is C[C@@]1(c2cc(F)ccc2F)NC(=O)N(CC(=O)O)C1=O. The Balaban J connectivity index is 2.46. The lowest BCUT2D eigenvalue weighted by molar-refractivity contribution is -0.142. The third-order valence-corrected chi connectivity index (χ3v) is 3.04. The van der Waals surface area contributed by atoms with Gasteiger partial charge in [-0.3, -0.25) is 14.5 Å². The number of imide groups is 1. The van der Waals surface area contributed by atoms with Gasteiger partial charge in [0.05, 0.1) is 0 Å². The number of carboxylic acid groups (broad SMARTS) is 1. The minimum absolute atomic E-state index is 0.358. The van der Waals surface area contributed by atoms with E-state index in [4.69, 9.17) is 5.11 Å². The van der Waals surface area contributed by atoms with Crippen LogP contribution in [-0.2, 0) is 15.1 Å². The molecule has 1 atom stereocenters. The van der Waals surface area contributed by atoms with Crippen molar-refractivity contribution < 1.29 is 28.3 Å². The van der Waals surface area contributed by atoms with Gasteiger partial charge in [0.25, 0.3) is 5.91 Å². The number of aliphatic carboxylic acids is 1. The average molecular weight is 284 g/mol. The number of hydrogen-bond donors (Lipinski definition) is 2. The van der Waals surface area contributed by atoms with Crippen molar-refractivity contribution in [1.82, 2.24) is 10.2 Å². The van der Waals surface area contributed by atoms with E-state index in [9.17, 15) is 23.2 Å². The summed E-state index contributed by atoms with van der Waals surface area (Å²) < 4.78 is 27.0. The van der Waals surface area contributed by atoms with Crippen LogP contribution < -0.4 is 5.32 Å². The molecule has 8 heteroatoms. The van der Waals surface area contributed by atoms with Gasteiger partial charge in [0.15, 0.2) is 0 Å². The van der Waals surface area contributed by atoms with Gasteiger partial charge in [0.2, 0.25) is 0 Å². The smallest absolute Gasteiger partial charge is 0.325 e. The number of halogens is 2. The summed E-state index contributed by atoms with van der Waals surface area (Å²) in [6.45, 7) is 0.337. The van der Waals surface area contributed by atoms with E-state index in [1.165, 1.54) is 6.92 Å². The first-order valence-electron chi connectivity index (χ1n) is 5.57. The second-order valence-electron chi connectivity index (χ2n) is 4.46. The van der Waals surface area contributed by atoms with Crippen LogP contribution in [0.1, 0.15) is 12.5 Å². The lowest BCUT2D eigenvalue weighted by Crippen LogP contribution is -2.42. The quantitative estimate of drug-likeness (QED) is 0.804. The Hall–Kier alpha value is -2.51. The first kappa shape index (κ1) is 13.9. The molecule has 0 radical (unpaired) electrons. The van der Waals surface area contributed by atoms with Crippen molar-refractivity contribution in [3.8, 4) is 0 Å². The molecule has 6 nitrogen and oxygen atoms in total. The molecule has 0 unspecified atom stereocenters. The van der Waals surface area contributed by atoms with Crippen molar-refractivity contribution in [3.63, 3.8) is 0 Å². The molecule has 106 valence electrons. The molecule has 1 aromatic rings. The molecule has 2 N–H and O–H groups in total. The van der Waals surface area contributed by atoms with E-state index in [1.807, 2.05) is 0 Å². The highest BCUT2D eigenvalue weighted by Gasteiger charge is 2.50. The van der Waals surface area contributed by atoms with E-state index >= 15 is 0 Å². The number of carbonyl (C=O) groups excluding carboxylic acids is 2. The monoisotopic (exact) mass is 284 g/mol. The first-order valence-corrected chi connectivity index (χ1v) is 5.57. The molecule has 1 fully saturated rings. The molecule has 2 rings (SSSR count). The number of carbonyl (C=O) groups is 3.